The molecule has 0 radical (unpaired) electrons. The summed E-state index contributed by atoms with van der Waals surface area (Å²) in [6.07, 6.45) is 4.99. The average Bonchev–Trinajstić information content (AvgIpc) is 2.66. The van der Waals surface area contributed by atoms with E-state index < -0.39 is 0 Å². The van der Waals surface area contributed by atoms with Crippen LogP contribution in [0.15, 0.2) is 28.7 Å². The Hall–Kier alpha value is -0.380. The minimum atomic E-state index is 0.0812. The van der Waals surface area contributed by atoms with Crippen LogP contribution >= 0.6 is 15.9 Å². The molecular formula is C17H27BrN2. The third kappa shape index (κ3) is 4.06. The molecule has 1 aliphatic heterocycles. The molecule has 112 valence electrons. The molecule has 1 fully saturated rings. The third-order valence-electron chi connectivity index (χ3n) is 4.72. The Morgan fingerprint density at radius 2 is 1.95 bits per heavy atom. The zero-order valence-electron chi connectivity index (χ0n) is 12.7. The molecule has 0 amide bonds. The predicted octanol–water partition coefficient (Wildman–Crippen LogP) is 3.83. The highest BCUT2D eigenvalue weighted by molar-refractivity contribution is 9.10. The largest absolute Gasteiger partial charge is 0.329 e. The van der Waals surface area contributed by atoms with Crippen molar-refractivity contribution in [2.24, 2.45) is 11.7 Å². The minimum absolute atomic E-state index is 0.0812. The molecule has 2 N–H and O–H groups in total. The molecular weight excluding hydrogens is 312 g/mol. The van der Waals surface area contributed by atoms with Gasteiger partial charge in [-0.1, -0.05) is 35.0 Å². The number of benzene rings is 1. The fraction of sp³-hybridized carbons (Fsp3) is 0.647. The van der Waals surface area contributed by atoms with Crippen LogP contribution in [0.4, 0.5) is 0 Å². The molecule has 1 heterocycles. The Bertz CT molecular complexity index is 418. The van der Waals surface area contributed by atoms with Crippen LogP contribution in [0, 0.1) is 5.92 Å². The summed E-state index contributed by atoms with van der Waals surface area (Å²) < 4.78 is 1.14. The molecule has 2 unspecified atom stereocenters. The molecule has 20 heavy (non-hydrogen) atoms. The summed E-state index contributed by atoms with van der Waals surface area (Å²) in [5.41, 5.74) is 7.61. The minimum Gasteiger partial charge on any atom is -0.329 e. The van der Waals surface area contributed by atoms with E-state index in [0.29, 0.717) is 0 Å². The lowest BCUT2D eigenvalue weighted by atomic mass is 9.90. The lowest BCUT2D eigenvalue weighted by Crippen LogP contribution is -2.53. The van der Waals surface area contributed by atoms with Gasteiger partial charge in [0, 0.05) is 16.6 Å². The number of nitrogens with zero attached hydrogens (tertiary/aromatic N) is 1. The van der Waals surface area contributed by atoms with Gasteiger partial charge >= 0.3 is 0 Å². The van der Waals surface area contributed by atoms with Crippen molar-refractivity contribution >= 4 is 15.9 Å². The monoisotopic (exact) mass is 338 g/mol. The lowest BCUT2D eigenvalue weighted by molar-refractivity contribution is 0.113. The molecule has 2 atom stereocenters. The van der Waals surface area contributed by atoms with E-state index in [9.17, 15) is 0 Å². The molecule has 1 saturated heterocycles. The first kappa shape index (κ1) is 16.0. The average molecular weight is 339 g/mol. The summed E-state index contributed by atoms with van der Waals surface area (Å²) in [5, 5.41) is 0. The van der Waals surface area contributed by atoms with E-state index in [1.165, 1.54) is 37.9 Å². The maximum Gasteiger partial charge on any atom is 0.0343 e. The quantitative estimate of drug-likeness (QED) is 0.903. The summed E-state index contributed by atoms with van der Waals surface area (Å²) in [6.45, 7) is 7.79. The summed E-state index contributed by atoms with van der Waals surface area (Å²) in [7, 11) is 0. The highest BCUT2D eigenvalue weighted by Gasteiger charge is 2.31. The van der Waals surface area contributed by atoms with Crippen LogP contribution < -0.4 is 5.73 Å². The van der Waals surface area contributed by atoms with Gasteiger partial charge in [0.15, 0.2) is 0 Å². The van der Waals surface area contributed by atoms with E-state index in [0.717, 1.165) is 23.4 Å². The molecule has 0 aromatic heterocycles. The van der Waals surface area contributed by atoms with E-state index in [4.69, 9.17) is 5.73 Å². The normalized spacial score (nSPS) is 24.1. The van der Waals surface area contributed by atoms with Crippen LogP contribution in [0.2, 0.25) is 0 Å². The van der Waals surface area contributed by atoms with Gasteiger partial charge in [0.2, 0.25) is 0 Å². The second-order valence-corrected chi connectivity index (χ2v) is 7.44. The maximum absolute atomic E-state index is 6.15. The number of likely N-dealkylation sites (tertiary alicyclic amines) is 1. The van der Waals surface area contributed by atoms with Crippen LogP contribution in [0.25, 0.3) is 0 Å². The Kier molecular flexibility index (Phi) is 5.65. The molecule has 1 aromatic rings. The molecule has 0 spiro atoms. The number of rotatable bonds is 4. The van der Waals surface area contributed by atoms with Crippen LogP contribution in [-0.2, 0) is 6.42 Å². The van der Waals surface area contributed by atoms with Crippen LogP contribution in [0.3, 0.4) is 0 Å². The first-order valence-electron chi connectivity index (χ1n) is 7.73. The number of halogens is 1. The second kappa shape index (κ2) is 7.06. The summed E-state index contributed by atoms with van der Waals surface area (Å²) in [4.78, 5) is 2.62. The predicted molar refractivity (Wildman–Crippen MR) is 89.9 cm³/mol. The summed E-state index contributed by atoms with van der Waals surface area (Å²) in [5.74, 6) is 0.856. The molecule has 1 aromatic carbocycles. The zero-order valence-corrected chi connectivity index (χ0v) is 14.3. The summed E-state index contributed by atoms with van der Waals surface area (Å²) in [6, 6.07) is 8.66. The van der Waals surface area contributed by atoms with Gasteiger partial charge in [-0.2, -0.15) is 0 Å². The third-order valence-corrected chi connectivity index (χ3v) is 5.25. The van der Waals surface area contributed by atoms with Crippen LogP contribution in [0.5, 0.6) is 0 Å². The topological polar surface area (TPSA) is 29.3 Å². The van der Waals surface area contributed by atoms with Crippen molar-refractivity contribution in [1.29, 1.82) is 0 Å². The van der Waals surface area contributed by atoms with Crippen molar-refractivity contribution in [1.82, 2.24) is 4.90 Å². The maximum atomic E-state index is 6.15. The molecule has 0 saturated carbocycles. The molecule has 1 aliphatic rings. The Balaban J connectivity index is 2.09. The number of hydrogen-bond donors (Lipinski definition) is 1. The highest BCUT2D eigenvalue weighted by atomic mass is 79.9. The standard InChI is InChI=1S/C17H27BrN2/c1-14-4-3-10-20(11-9-14)17(2,13-19)12-15-5-7-16(18)8-6-15/h5-8,14H,3-4,9-13,19H2,1-2H3. The van der Waals surface area contributed by atoms with Gasteiger partial charge in [-0.05, 0) is 69.3 Å². The molecule has 3 heteroatoms. The molecule has 2 nitrogen and oxygen atoms in total. The SMILES string of the molecule is CC1CCCN(C(C)(CN)Cc2ccc(Br)cc2)CC1. The fourth-order valence-corrected chi connectivity index (χ4v) is 3.42. The van der Waals surface area contributed by atoms with E-state index >= 15 is 0 Å². The molecule has 0 bridgehead atoms. The highest BCUT2D eigenvalue weighted by Crippen LogP contribution is 2.26. The van der Waals surface area contributed by atoms with Crippen molar-refractivity contribution in [3.05, 3.63) is 34.3 Å². The van der Waals surface area contributed by atoms with Gasteiger partial charge in [-0.25, -0.2) is 0 Å². The second-order valence-electron chi connectivity index (χ2n) is 6.53. The van der Waals surface area contributed by atoms with Gasteiger partial charge < -0.3 is 5.73 Å². The van der Waals surface area contributed by atoms with Gasteiger partial charge in [-0.15, -0.1) is 0 Å². The van der Waals surface area contributed by atoms with Gasteiger partial charge in [0.05, 0.1) is 0 Å². The van der Waals surface area contributed by atoms with E-state index in [2.05, 4.69) is 58.9 Å². The molecule has 2 rings (SSSR count). The van der Waals surface area contributed by atoms with Gasteiger partial charge in [0.25, 0.3) is 0 Å². The van der Waals surface area contributed by atoms with Gasteiger partial charge in [0.1, 0.15) is 0 Å². The van der Waals surface area contributed by atoms with Gasteiger partial charge in [-0.3, -0.25) is 4.90 Å². The first-order chi connectivity index (χ1) is 9.53. The van der Waals surface area contributed by atoms with E-state index in [-0.39, 0.29) is 5.54 Å². The van der Waals surface area contributed by atoms with Crippen molar-refractivity contribution < 1.29 is 0 Å². The summed E-state index contributed by atoms with van der Waals surface area (Å²) >= 11 is 3.50. The van der Waals surface area contributed by atoms with E-state index in [1.807, 2.05) is 0 Å². The van der Waals surface area contributed by atoms with E-state index in [1.54, 1.807) is 0 Å². The first-order valence-corrected chi connectivity index (χ1v) is 8.52. The van der Waals surface area contributed by atoms with Crippen LogP contribution in [0.1, 0.15) is 38.7 Å². The van der Waals surface area contributed by atoms with Crippen molar-refractivity contribution in [2.75, 3.05) is 19.6 Å². The smallest absolute Gasteiger partial charge is 0.0343 e. The number of nitrogens with two attached hydrogens (primary N) is 1. The lowest BCUT2D eigenvalue weighted by Gasteiger charge is -2.40. The van der Waals surface area contributed by atoms with Crippen molar-refractivity contribution in [2.45, 2.75) is 45.1 Å². The fourth-order valence-electron chi connectivity index (χ4n) is 3.16. The van der Waals surface area contributed by atoms with Crippen molar-refractivity contribution in [3.63, 3.8) is 0 Å². The zero-order chi connectivity index (χ0) is 14.6. The van der Waals surface area contributed by atoms with Crippen molar-refractivity contribution in [3.8, 4) is 0 Å². The Morgan fingerprint density at radius 1 is 1.25 bits per heavy atom. The van der Waals surface area contributed by atoms with Crippen LogP contribution in [-0.4, -0.2) is 30.1 Å². The number of hydrogen-bond acceptors (Lipinski definition) is 2. The Morgan fingerprint density at radius 3 is 2.60 bits per heavy atom. The molecule has 0 aliphatic carbocycles. The Labute approximate surface area is 131 Å².